The van der Waals surface area contributed by atoms with Crippen molar-refractivity contribution < 1.29 is 4.79 Å². The predicted octanol–water partition coefficient (Wildman–Crippen LogP) is 3.48. The molecule has 0 radical (unpaired) electrons. The zero-order valence-electron chi connectivity index (χ0n) is 15.4. The van der Waals surface area contributed by atoms with Crippen molar-refractivity contribution in [2.75, 3.05) is 11.9 Å². The normalized spacial score (nSPS) is 13.2. The van der Waals surface area contributed by atoms with Crippen molar-refractivity contribution in [3.63, 3.8) is 0 Å². The number of halogens is 1. The van der Waals surface area contributed by atoms with Crippen molar-refractivity contribution >= 4 is 39.7 Å². The van der Waals surface area contributed by atoms with Crippen LogP contribution in [0.15, 0.2) is 64.7 Å². The molecular formula is C20H18BrN7O. The number of hydrogen-bond donors (Lipinski definition) is 2. The van der Waals surface area contributed by atoms with Crippen LogP contribution < -0.4 is 10.7 Å². The Balaban J connectivity index is 1.46. The third-order valence-corrected chi connectivity index (χ3v) is 4.95. The van der Waals surface area contributed by atoms with Gasteiger partial charge in [0, 0.05) is 41.1 Å². The lowest BCUT2D eigenvalue weighted by molar-refractivity contribution is 0.192. The van der Waals surface area contributed by atoms with Gasteiger partial charge in [0.15, 0.2) is 0 Å². The van der Waals surface area contributed by atoms with E-state index in [1.165, 1.54) is 0 Å². The fraction of sp³-hybridized carbons (Fsp3) is 0.150. The first-order valence-corrected chi connectivity index (χ1v) is 9.82. The first-order chi connectivity index (χ1) is 14.2. The number of hydrazone groups is 1. The van der Waals surface area contributed by atoms with Crippen molar-refractivity contribution in [2.45, 2.75) is 13.0 Å². The van der Waals surface area contributed by atoms with E-state index in [-0.39, 0.29) is 6.03 Å². The number of urea groups is 1. The number of nitrogens with one attached hydrogen (secondary N) is 2. The van der Waals surface area contributed by atoms with Gasteiger partial charge in [0.1, 0.15) is 12.1 Å². The molecule has 3 aromatic rings. The number of carbonyl (C=O) groups excluding carboxylic acids is 1. The third-order valence-electron chi connectivity index (χ3n) is 4.46. The van der Waals surface area contributed by atoms with Gasteiger partial charge in [-0.05, 0) is 35.9 Å². The Labute approximate surface area is 176 Å². The number of pyridine rings is 1. The minimum absolute atomic E-state index is 0.266. The molecule has 2 aromatic heterocycles. The summed E-state index contributed by atoms with van der Waals surface area (Å²) in [5, 5.41) is 7.35. The molecule has 2 N–H and O–H groups in total. The summed E-state index contributed by atoms with van der Waals surface area (Å²) in [6.45, 7) is 0.972. The number of aromatic nitrogens is 3. The van der Waals surface area contributed by atoms with Gasteiger partial charge in [0.05, 0.1) is 18.5 Å². The first-order valence-electron chi connectivity index (χ1n) is 9.02. The van der Waals surface area contributed by atoms with Crippen molar-refractivity contribution in [3.8, 4) is 0 Å². The summed E-state index contributed by atoms with van der Waals surface area (Å²) in [4.78, 5) is 26.9. The van der Waals surface area contributed by atoms with Gasteiger partial charge in [-0.2, -0.15) is 5.10 Å². The van der Waals surface area contributed by atoms with E-state index in [4.69, 9.17) is 0 Å². The molecule has 1 aliphatic heterocycles. The van der Waals surface area contributed by atoms with Crippen molar-refractivity contribution in [1.29, 1.82) is 0 Å². The molecular weight excluding hydrogens is 434 g/mol. The molecule has 0 saturated heterocycles. The Morgan fingerprint density at radius 3 is 2.90 bits per heavy atom. The van der Waals surface area contributed by atoms with Gasteiger partial charge in [-0.25, -0.2) is 20.2 Å². The number of nitrogens with zero attached hydrogens (tertiary/aromatic N) is 5. The monoisotopic (exact) mass is 451 g/mol. The summed E-state index contributed by atoms with van der Waals surface area (Å²) in [5.41, 5.74) is 6.20. The Morgan fingerprint density at radius 2 is 2.07 bits per heavy atom. The highest BCUT2D eigenvalue weighted by atomic mass is 79.9. The van der Waals surface area contributed by atoms with Gasteiger partial charge in [-0.15, -0.1) is 0 Å². The van der Waals surface area contributed by atoms with Crippen LogP contribution in [0.1, 0.15) is 16.8 Å². The van der Waals surface area contributed by atoms with Crippen LogP contribution in [-0.2, 0) is 13.0 Å². The molecule has 0 saturated carbocycles. The molecule has 29 heavy (non-hydrogen) atoms. The van der Waals surface area contributed by atoms with Crippen LogP contribution in [0, 0.1) is 0 Å². The van der Waals surface area contributed by atoms with E-state index in [2.05, 4.69) is 46.7 Å². The molecule has 1 aliphatic rings. The molecule has 0 bridgehead atoms. The number of rotatable bonds is 4. The summed E-state index contributed by atoms with van der Waals surface area (Å²) in [6, 6.07) is 11.2. The van der Waals surface area contributed by atoms with Gasteiger partial charge in [-0.3, -0.25) is 4.98 Å². The van der Waals surface area contributed by atoms with Crippen LogP contribution in [0.5, 0.6) is 0 Å². The minimum atomic E-state index is -0.266. The largest absolute Gasteiger partial charge is 0.340 e. The van der Waals surface area contributed by atoms with E-state index in [0.717, 1.165) is 27.0 Å². The summed E-state index contributed by atoms with van der Waals surface area (Å²) < 4.78 is 0.971. The highest BCUT2D eigenvalue weighted by Crippen LogP contribution is 2.26. The van der Waals surface area contributed by atoms with Crippen molar-refractivity contribution in [1.82, 2.24) is 25.3 Å². The van der Waals surface area contributed by atoms with E-state index in [0.29, 0.717) is 25.3 Å². The van der Waals surface area contributed by atoms with Gasteiger partial charge >= 0.3 is 6.03 Å². The lowest BCUT2D eigenvalue weighted by atomic mass is 10.1. The fourth-order valence-corrected chi connectivity index (χ4v) is 3.41. The summed E-state index contributed by atoms with van der Waals surface area (Å²) in [5.74, 6) is 0.700. The van der Waals surface area contributed by atoms with Crippen LogP contribution in [0.25, 0.3) is 0 Å². The van der Waals surface area contributed by atoms with E-state index in [1.807, 2.05) is 36.4 Å². The first kappa shape index (κ1) is 19.0. The van der Waals surface area contributed by atoms with E-state index in [9.17, 15) is 4.79 Å². The van der Waals surface area contributed by atoms with Crippen LogP contribution in [0.2, 0.25) is 0 Å². The standard InChI is InChI=1S/C20H18BrN7O/c21-15-2-1-3-16(10-15)26-19-17-12-28(9-6-18(17)23-13-24-19)20(29)27-25-11-14-4-7-22-8-5-14/h1-5,7-8,10-11,13H,6,9,12H2,(H,27,29)(H,23,24,26)/b25-11+. The molecule has 0 aliphatic carbocycles. The second-order valence-corrected chi connectivity index (χ2v) is 7.33. The Hall–Kier alpha value is -3.33. The number of fused-ring (bicyclic) bond motifs is 1. The predicted molar refractivity (Wildman–Crippen MR) is 114 cm³/mol. The van der Waals surface area contributed by atoms with Gasteiger partial charge < -0.3 is 10.2 Å². The smallest absolute Gasteiger partial charge is 0.338 e. The maximum absolute atomic E-state index is 12.5. The molecule has 9 heteroatoms. The zero-order chi connectivity index (χ0) is 20.1. The highest BCUT2D eigenvalue weighted by Gasteiger charge is 2.24. The van der Waals surface area contributed by atoms with Gasteiger partial charge in [0.2, 0.25) is 0 Å². The molecule has 8 nitrogen and oxygen atoms in total. The van der Waals surface area contributed by atoms with E-state index < -0.39 is 0 Å². The lowest BCUT2D eigenvalue weighted by Crippen LogP contribution is -2.41. The van der Waals surface area contributed by atoms with E-state index in [1.54, 1.807) is 29.8 Å². The van der Waals surface area contributed by atoms with Gasteiger partial charge in [-0.1, -0.05) is 22.0 Å². The topological polar surface area (TPSA) is 95.4 Å². The molecule has 1 aromatic carbocycles. The Morgan fingerprint density at radius 1 is 1.21 bits per heavy atom. The third kappa shape index (κ3) is 4.75. The van der Waals surface area contributed by atoms with Crippen molar-refractivity contribution in [3.05, 3.63) is 76.4 Å². The van der Waals surface area contributed by atoms with Crippen LogP contribution in [0.4, 0.5) is 16.3 Å². The molecule has 0 spiro atoms. The molecule has 146 valence electrons. The molecule has 4 rings (SSSR count). The lowest BCUT2D eigenvalue weighted by Gasteiger charge is -2.28. The SMILES string of the molecule is O=C(N/N=C/c1ccncc1)N1CCc2ncnc(Nc3cccc(Br)c3)c2C1. The molecule has 0 unspecified atom stereocenters. The number of amides is 2. The quantitative estimate of drug-likeness (QED) is 0.467. The van der Waals surface area contributed by atoms with Gasteiger partial charge in [0.25, 0.3) is 0 Å². The molecule has 0 fully saturated rings. The number of anilines is 2. The van der Waals surface area contributed by atoms with Crippen LogP contribution >= 0.6 is 15.9 Å². The highest BCUT2D eigenvalue weighted by molar-refractivity contribution is 9.10. The average Bonchev–Trinajstić information content (AvgIpc) is 2.74. The molecule has 2 amide bonds. The average molecular weight is 452 g/mol. The second kappa shape index (κ2) is 8.78. The maximum atomic E-state index is 12.5. The van der Waals surface area contributed by atoms with Crippen LogP contribution in [-0.4, -0.2) is 38.6 Å². The summed E-state index contributed by atoms with van der Waals surface area (Å²) >= 11 is 3.47. The summed E-state index contributed by atoms with van der Waals surface area (Å²) in [7, 11) is 0. The maximum Gasteiger partial charge on any atom is 0.338 e. The number of hydrogen-bond acceptors (Lipinski definition) is 6. The zero-order valence-corrected chi connectivity index (χ0v) is 17.0. The minimum Gasteiger partial charge on any atom is -0.340 e. The fourth-order valence-electron chi connectivity index (χ4n) is 3.01. The second-order valence-electron chi connectivity index (χ2n) is 6.41. The Bertz CT molecular complexity index is 1040. The van der Waals surface area contributed by atoms with Crippen LogP contribution in [0.3, 0.4) is 0 Å². The van der Waals surface area contributed by atoms with E-state index >= 15 is 0 Å². The molecule has 0 atom stereocenters. The van der Waals surface area contributed by atoms with Crippen molar-refractivity contribution in [2.24, 2.45) is 5.10 Å². The summed E-state index contributed by atoms with van der Waals surface area (Å²) in [6.07, 6.45) is 7.14. The molecule has 3 heterocycles. The number of carbonyl (C=O) groups is 1. The Kier molecular flexibility index (Phi) is 5.76. The number of benzene rings is 1.